The molecule has 0 radical (unpaired) electrons. The highest BCUT2D eigenvalue weighted by Crippen LogP contribution is 2.07. The second-order valence-electron chi connectivity index (χ2n) is 4.27. The van der Waals surface area contributed by atoms with E-state index in [0.29, 0.717) is 12.1 Å². The highest BCUT2D eigenvalue weighted by Gasteiger charge is 2.06. The number of pyridine rings is 1. The first kappa shape index (κ1) is 13.2. The van der Waals surface area contributed by atoms with Gasteiger partial charge in [0.2, 0.25) is 5.91 Å². The van der Waals surface area contributed by atoms with Crippen molar-refractivity contribution in [2.24, 2.45) is 5.73 Å². The van der Waals surface area contributed by atoms with Crippen molar-refractivity contribution < 1.29 is 4.79 Å². The van der Waals surface area contributed by atoms with Crippen molar-refractivity contribution in [3.63, 3.8) is 0 Å². The molecule has 0 aliphatic carbocycles. The first-order chi connectivity index (χ1) is 9.27. The highest BCUT2D eigenvalue weighted by molar-refractivity contribution is 5.94. The molecule has 2 aromatic rings. The van der Waals surface area contributed by atoms with Crippen LogP contribution in [0.3, 0.4) is 0 Å². The van der Waals surface area contributed by atoms with E-state index in [1.54, 1.807) is 12.3 Å². The Morgan fingerprint density at radius 1 is 1.16 bits per heavy atom. The number of hydrogen-bond donors (Lipinski definition) is 2. The summed E-state index contributed by atoms with van der Waals surface area (Å²) < 4.78 is 0. The fourth-order valence-electron chi connectivity index (χ4n) is 1.90. The average Bonchev–Trinajstić information content (AvgIpc) is 2.45. The van der Waals surface area contributed by atoms with E-state index < -0.39 is 0 Å². The number of nitrogens with two attached hydrogens (primary N) is 1. The summed E-state index contributed by atoms with van der Waals surface area (Å²) in [6.45, 7) is 1.44. The van der Waals surface area contributed by atoms with Crippen molar-refractivity contribution in [1.29, 1.82) is 0 Å². The Labute approximate surface area is 112 Å². The van der Waals surface area contributed by atoms with Gasteiger partial charge in [0.05, 0.1) is 0 Å². The Morgan fingerprint density at radius 3 is 2.68 bits per heavy atom. The normalized spacial score (nSPS) is 10.3. The van der Waals surface area contributed by atoms with Crippen LogP contribution < -0.4 is 11.1 Å². The lowest BCUT2D eigenvalue weighted by molar-refractivity contribution is 0.0999. The predicted molar refractivity (Wildman–Crippen MR) is 74.6 cm³/mol. The van der Waals surface area contributed by atoms with Gasteiger partial charge in [-0.25, -0.2) is 0 Å². The SMILES string of the molecule is NC(=O)c1ccccc1CNCCc1ccccn1. The molecular formula is C15H17N3O. The maximum atomic E-state index is 11.3. The lowest BCUT2D eigenvalue weighted by Gasteiger charge is -2.08. The lowest BCUT2D eigenvalue weighted by Crippen LogP contribution is -2.21. The maximum absolute atomic E-state index is 11.3. The summed E-state index contributed by atoms with van der Waals surface area (Å²) in [7, 11) is 0. The van der Waals surface area contributed by atoms with E-state index in [1.165, 1.54) is 0 Å². The number of nitrogens with zero attached hydrogens (tertiary/aromatic N) is 1. The van der Waals surface area contributed by atoms with Gasteiger partial charge in [-0.05, 0) is 23.8 Å². The van der Waals surface area contributed by atoms with Gasteiger partial charge in [-0.1, -0.05) is 24.3 Å². The van der Waals surface area contributed by atoms with E-state index in [0.717, 1.165) is 24.2 Å². The Balaban J connectivity index is 1.85. The molecule has 1 aromatic carbocycles. The van der Waals surface area contributed by atoms with Crippen molar-refractivity contribution in [3.05, 3.63) is 65.5 Å². The van der Waals surface area contributed by atoms with Gasteiger partial charge in [0, 0.05) is 37.0 Å². The molecule has 2 rings (SSSR count). The number of benzene rings is 1. The van der Waals surface area contributed by atoms with Crippen LogP contribution in [0.5, 0.6) is 0 Å². The molecule has 19 heavy (non-hydrogen) atoms. The molecule has 1 amide bonds. The third kappa shape index (κ3) is 3.89. The van der Waals surface area contributed by atoms with E-state index in [1.807, 2.05) is 36.4 Å². The van der Waals surface area contributed by atoms with Gasteiger partial charge in [0.25, 0.3) is 0 Å². The number of carbonyl (C=O) groups excluding carboxylic acids is 1. The zero-order valence-corrected chi connectivity index (χ0v) is 10.7. The molecule has 4 nitrogen and oxygen atoms in total. The van der Waals surface area contributed by atoms with Gasteiger partial charge in [-0.15, -0.1) is 0 Å². The molecule has 0 aliphatic heterocycles. The molecule has 0 bridgehead atoms. The Morgan fingerprint density at radius 2 is 1.95 bits per heavy atom. The topological polar surface area (TPSA) is 68.0 Å². The average molecular weight is 255 g/mol. The molecular weight excluding hydrogens is 238 g/mol. The fourth-order valence-corrected chi connectivity index (χ4v) is 1.90. The first-order valence-electron chi connectivity index (χ1n) is 6.25. The summed E-state index contributed by atoms with van der Waals surface area (Å²) >= 11 is 0. The quantitative estimate of drug-likeness (QED) is 0.769. The smallest absolute Gasteiger partial charge is 0.249 e. The second kappa shape index (κ2) is 6.66. The molecule has 0 spiro atoms. The number of hydrogen-bond acceptors (Lipinski definition) is 3. The molecule has 0 atom stereocenters. The molecule has 0 saturated carbocycles. The minimum Gasteiger partial charge on any atom is -0.366 e. The molecule has 0 saturated heterocycles. The van der Waals surface area contributed by atoms with Gasteiger partial charge in [0.1, 0.15) is 0 Å². The number of carbonyl (C=O) groups is 1. The van der Waals surface area contributed by atoms with E-state index in [2.05, 4.69) is 10.3 Å². The minimum atomic E-state index is -0.387. The maximum Gasteiger partial charge on any atom is 0.249 e. The largest absolute Gasteiger partial charge is 0.366 e. The van der Waals surface area contributed by atoms with Gasteiger partial charge in [-0.2, -0.15) is 0 Å². The van der Waals surface area contributed by atoms with Crippen LogP contribution >= 0.6 is 0 Å². The first-order valence-corrected chi connectivity index (χ1v) is 6.25. The predicted octanol–water partition coefficient (Wildman–Crippen LogP) is 1.51. The van der Waals surface area contributed by atoms with Crippen molar-refractivity contribution >= 4 is 5.91 Å². The van der Waals surface area contributed by atoms with Crippen molar-refractivity contribution in [1.82, 2.24) is 10.3 Å². The van der Waals surface area contributed by atoms with Crippen molar-refractivity contribution in [3.8, 4) is 0 Å². The molecule has 1 aromatic heterocycles. The van der Waals surface area contributed by atoms with E-state index in [4.69, 9.17) is 5.73 Å². The Hall–Kier alpha value is -2.20. The number of amides is 1. The summed E-state index contributed by atoms with van der Waals surface area (Å²) in [6.07, 6.45) is 2.65. The molecule has 1 heterocycles. The number of aromatic nitrogens is 1. The molecule has 0 fully saturated rings. The van der Waals surface area contributed by atoms with Crippen LogP contribution in [0, 0.1) is 0 Å². The van der Waals surface area contributed by atoms with Gasteiger partial charge in [0.15, 0.2) is 0 Å². The third-order valence-corrected chi connectivity index (χ3v) is 2.88. The molecule has 0 unspecified atom stereocenters. The van der Waals surface area contributed by atoms with Crippen molar-refractivity contribution in [2.75, 3.05) is 6.54 Å². The monoisotopic (exact) mass is 255 g/mol. The number of nitrogens with one attached hydrogen (secondary N) is 1. The zero-order chi connectivity index (χ0) is 13.5. The molecule has 3 N–H and O–H groups in total. The summed E-state index contributed by atoms with van der Waals surface area (Å²) in [6, 6.07) is 13.3. The van der Waals surface area contributed by atoms with E-state index >= 15 is 0 Å². The Kier molecular flexibility index (Phi) is 4.64. The van der Waals surface area contributed by atoms with Crippen LogP contribution in [0.25, 0.3) is 0 Å². The summed E-state index contributed by atoms with van der Waals surface area (Å²) in [5, 5.41) is 3.30. The van der Waals surface area contributed by atoms with E-state index in [9.17, 15) is 4.79 Å². The van der Waals surface area contributed by atoms with Gasteiger partial charge < -0.3 is 11.1 Å². The van der Waals surface area contributed by atoms with Crippen LogP contribution in [0.1, 0.15) is 21.6 Å². The summed E-state index contributed by atoms with van der Waals surface area (Å²) in [5.41, 5.74) is 7.89. The van der Waals surface area contributed by atoms with Crippen LogP contribution in [-0.4, -0.2) is 17.4 Å². The Bertz CT molecular complexity index is 540. The van der Waals surface area contributed by atoms with Crippen LogP contribution in [0.4, 0.5) is 0 Å². The standard InChI is InChI=1S/C15H17N3O/c16-15(19)14-7-2-1-5-12(14)11-17-10-8-13-6-3-4-9-18-13/h1-7,9,17H,8,10-11H2,(H2,16,19). The second-order valence-corrected chi connectivity index (χ2v) is 4.27. The van der Waals surface area contributed by atoms with Crippen LogP contribution in [0.15, 0.2) is 48.7 Å². The lowest BCUT2D eigenvalue weighted by atomic mass is 10.1. The molecule has 4 heteroatoms. The number of primary amides is 1. The van der Waals surface area contributed by atoms with Gasteiger partial charge >= 0.3 is 0 Å². The van der Waals surface area contributed by atoms with Crippen LogP contribution in [0.2, 0.25) is 0 Å². The molecule has 0 aliphatic rings. The number of rotatable bonds is 6. The summed E-state index contributed by atoms with van der Waals surface area (Å²) in [5.74, 6) is -0.387. The summed E-state index contributed by atoms with van der Waals surface area (Å²) in [4.78, 5) is 15.5. The minimum absolute atomic E-state index is 0.387. The van der Waals surface area contributed by atoms with E-state index in [-0.39, 0.29) is 5.91 Å². The fraction of sp³-hybridized carbons (Fsp3) is 0.200. The van der Waals surface area contributed by atoms with Crippen molar-refractivity contribution in [2.45, 2.75) is 13.0 Å². The highest BCUT2D eigenvalue weighted by atomic mass is 16.1. The third-order valence-electron chi connectivity index (χ3n) is 2.88. The molecule has 98 valence electrons. The zero-order valence-electron chi connectivity index (χ0n) is 10.7. The van der Waals surface area contributed by atoms with Crippen LogP contribution in [-0.2, 0) is 13.0 Å². The van der Waals surface area contributed by atoms with Gasteiger partial charge in [-0.3, -0.25) is 9.78 Å².